The average molecular weight is 632 g/mol. The molecular weight excluding hydrogens is 610 g/mol. The molecule has 0 spiro atoms. The smallest absolute Gasteiger partial charge is 0.320 e. The minimum absolute atomic E-state index is 0.0196. The first-order valence-corrected chi connectivity index (χ1v) is 13.7. The van der Waals surface area contributed by atoms with Gasteiger partial charge >= 0.3 is 6.01 Å². The van der Waals surface area contributed by atoms with Gasteiger partial charge in [-0.25, -0.2) is 4.85 Å². The number of rotatable bonds is 6. The average Bonchev–Trinajstić information content (AvgIpc) is 3.86. The van der Waals surface area contributed by atoms with Gasteiger partial charge in [0.2, 0.25) is 0 Å². The summed E-state index contributed by atoms with van der Waals surface area (Å²) < 4.78 is 5.44. The maximum atomic E-state index is 10.6. The Morgan fingerprint density at radius 1 is 0.702 bits per heavy atom. The number of nitrogens with one attached hydrogen (secondary N) is 2. The molecule has 0 saturated carbocycles. The van der Waals surface area contributed by atoms with E-state index in [4.69, 9.17) is 6.57 Å². The number of aromatic amines is 2. The van der Waals surface area contributed by atoms with Crippen molar-refractivity contribution in [1.29, 1.82) is 5.26 Å². The molecule has 0 aromatic carbocycles. The molecule has 0 unspecified atom stereocenters. The second-order valence-corrected chi connectivity index (χ2v) is 10.2. The predicted octanol–water partition coefficient (Wildman–Crippen LogP) is 3.79. The number of azo groups is 2. The lowest BCUT2D eigenvalue weighted by Crippen LogP contribution is -2.10. The second kappa shape index (κ2) is 10.4. The van der Waals surface area contributed by atoms with Gasteiger partial charge in [-0.05, 0) is 41.5 Å². The van der Waals surface area contributed by atoms with Crippen molar-refractivity contribution in [1.82, 2.24) is 74.1 Å². The first-order valence-electron chi connectivity index (χ1n) is 13.7. The van der Waals surface area contributed by atoms with E-state index < -0.39 is 6.01 Å². The molecular formula is C25H21N21O. The van der Waals surface area contributed by atoms with Crippen molar-refractivity contribution >= 4 is 40.0 Å². The van der Waals surface area contributed by atoms with Crippen LogP contribution in [0.15, 0.2) is 20.5 Å². The molecule has 0 bridgehead atoms. The molecule has 7 aromatic heterocycles. The summed E-state index contributed by atoms with van der Waals surface area (Å²) in [4.78, 5) is 16.1. The summed E-state index contributed by atoms with van der Waals surface area (Å²) in [6.07, 6.45) is 0. The van der Waals surface area contributed by atoms with Crippen molar-refractivity contribution in [2.45, 2.75) is 41.5 Å². The number of nitrogens with zero attached hydrogens (tertiary/aromatic N) is 19. The number of aromatic hydroxyl groups is 1. The number of hydrogen-bond donors (Lipinski definition) is 3. The van der Waals surface area contributed by atoms with E-state index in [0.29, 0.717) is 57.1 Å². The van der Waals surface area contributed by atoms with E-state index in [-0.39, 0.29) is 34.8 Å². The quantitative estimate of drug-likeness (QED) is 0.175. The van der Waals surface area contributed by atoms with Crippen LogP contribution in [0.4, 0.5) is 28.7 Å². The Labute approximate surface area is 262 Å². The predicted molar refractivity (Wildman–Crippen MR) is 158 cm³/mol. The highest BCUT2D eigenvalue weighted by Gasteiger charge is 2.24. The van der Waals surface area contributed by atoms with Gasteiger partial charge in [-0.1, -0.05) is 0 Å². The molecule has 0 amide bonds. The Balaban J connectivity index is 1.35. The molecule has 0 atom stereocenters. The summed E-state index contributed by atoms with van der Waals surface area (Å²) in [6, 6.07) is 1.37. The van der Waals surface area contributed by atoms with Crippen LogP contribution in [0.1, 0.15) is 40.0 Å². The van der Waals surface area contributed by atoms with Gasteiger partial charge < -0.3 is 5.11 Å². The Bertz CT molecular complexity index is 2360. The van der Waals surface area contributed by atoms with Crippen molar-refractivity contribution in [2.75, 3.05) is 0 Å². The van der Waals surface area contributed by atoms with Crippen molar-refractivity contribution in [3.8, 4) is 24.0 Å². The fraction of sp³-hybridized carbons (Fsp3) is 0.240. The number of aryl methyl sites for hydroxylation is 6. The van der Waals surface area contributed by atoms with Crippen LogP contribution < -0.4 is 0 Å². The molecule has 232 valence electrons. The van der Waals surface area contributed by atoms with E-state index in [1.807, 2.05) is 0 Å². The van der Waals surface area contributed by atoms with Gasteiger partial charge in [0.15, 0.2) is 34.3 Å². The van der Waals surface area contributed by atoms with E-state index in [0.717, 1.165) is 9.36 Å². The van der Waals surface area contributed by atoms with Crippen LogP contribution in [0.3, 0.4) is 0 Å². The molecule has 7 aromatic rings. The maximum Gasteiger partial charge on any atom is 0.320 e. The molecule has 0 saturated heterocycles. The van der Waals surface area contributed by atoms with Crippen LogP contribution >= 0.6 is 0 Å². The lowest BCUT2D eigenvalue weighted by atomic mass is 10.3. The molecule has 22 nitrogen and oxygen atoms in total. The highest BCUT2D eigenvalue weighted by atomic mass is 16.3. The Kier molecular flexibility index (Phi) is 6.34. The van der Waals surface area contributed by atoms with E-state index in [1.165, 1.54) is 0 Å². The van der Waals surface area contributed by atoms with E-state index in [1.54, 1.807) is 50.6 Å². The van der Waals surface area contributed by atoms with E-state index in [2.05, 4.69) is 87.1 Å². The van der Waals surface area contributed by atoms with Gasteiger partial charge in [-0.3, -0.25) is 10.2 Å². The molecule has 0 aliphatic carbocycles. The number of hydrogen-bond acceptors (Lipinski definition) is 15. The lowest BCUT2D eigenvalue weighted by molar-refractivity contribution is 0.423. The molecule has 0 aliphatic heterocycles. The van der Waals surface area contributed by atoms with Crippen molar-refractivity contribution < 1.29 is 5.11 Å². The zero-order valence-corrected chi connectivity index (χ0v) is 25.4. The summed E-state index contributed by atoms with van der Waals surface area (Å²) in [7, 11) is 0. The number of fused-ring (bicyclic) bond motifs is 2. The lowest BCUT2D eigenvalue weighted by Gasteiger charge is -2.06. The van der Waals surface area contributed by atoms with Crippen LogP contribution in [-0.4, -0.2) is 79.2 Å². The molecule has 47 heavy (non-hydrogen) atoms. The Morgan fingerprint density at radius 3 is 1.74 bits per heavy atom. The minimum Gasteiger partial charge on any atom is -0.479 e. The van der Waals surface area contributed by atoms with Crippen molar-refractivity contribution in [2.24, 2.45) is 20.5 Å². The largest absolute Gasteiger partial charge is 0.479 e. The second-order valence-electron chi connectivity index (χ2n) is 10.2. The number of H-pyrrole nitrogens is 2. The van der Waals surface area contributed by atoms with E-state index >= 15 is 0 Å². The maximum absolute atomic E-state index is 10.6. The van der Waals surface area contributed by atoms with Crippen LogP contribution in [0.5, 0.6) is 6.01 Å². The normalized spacial score (nSPS) is 11.9. The zero-order valence-electron chi connectivity index (χ0n) is 25.4. The van der Waals surface area contributed by atoms with Gasteiger partial charge in [0.1, 0.15) is 23.3 Å². The Morgan fingerprint density at radius 2 is 1.21 bits per heavy atom. The number of nitriles is 1. The molecule has 0 aliphatic rings. The third-order valence-corrected chi connectivity index (χ3v) is 7.05. The SMILES string of the molecule is [C-]#[N+]c1c(C)nn(-c2nc(O)nc(-n3nc(C)c(C#N)c3/N=N/c3c(C)nn4c(C)n[nH]c34)n2)c1/N=N/c1c(C)nn2c(C)n[nH]c12. The van der Waals surface area contributed by atoms with Gasteiger partial charge in [-0.2, -0.15) is 69.2 Å². The third-order valence-electron chi connectivity index (χ3n) is 7.05. The first-order chi connectivity index (χ1) is 22.6. The van der Waals surface area contributed by atoms with Crippen molar-refractivity contribution in [3.05, 3.63) is 51.4 Å². The Hall–Kier alpha value is -7.23. The van der Waals surface area contributed by atoms with E-state index in [9.17, 15) is 10.4 Å². The van der Waals surface area contributed by atoms with Gasteiger partial charge in [-0.15, -0.1) is 20.5 Å². The molecule has 0 fully saturated rings. The van der Waals surface area contributed by atoms with Gasteiger partial charge in [0, 0.05) is 0 Å². The molecule has 3 N–H and O–H groups in total. The third kappa shape index (κ3) is 4.43. The van der Waals surface area contributed by atoms with Gasteiger partial charge in [0.05, 0.1) is 29.3 Å². The van der Waals surface area contributed by atoms with Crippen LogP contribution in [-0.2, 0) is 0 Å². The topological polar surface area (TPSA) is 264 Å². The van der Waals surface area contributed by atoms with Crippen LogP contribution in [0.25, 0.3) is 28.0 Å². The summed E-state index contributed by atoms with van der Waals surface area (Å²) in [5, 5.41) is 69.5. The summed E-state index contributed by atoms with van der Waals surface area (Å²) in [5.74, 6) is 0.765. The minimum atomic E-state index is -0.704. The highest BCUT2D eigenvalue weighted by molar-refractivity contribution is 5.70. The first kappa shape index (κ1) is 28.5. The van der Waals surface area contributed by atoms with Crippen LogP contribution in [0.2, 0.25) is 0 Å². The fourth-order valence-corrected chi connectivity index (χ4v) is 4.78. The molecule has 7 heterocycles. The summed E-state index contributed by atoms with van der Waals surface area (Å²) in [5.41, 5.74) is 3.70. The highest BCUT2D eigenvalue weighted by Crippen LogP contribution is 2.36. The molecule has 0 radical (unpaired) electrons. The number of aromatic nitrogens is 15. The fourth-order valence-electron chi connectivity index (χ4n) is 4.78. The molecule has 7 rings (SSSR count). The standard InChI is InChI=1S/C25H21N21O/c1-9-15(8-26)19(35-33-17-11(3)40-43-13(5)31-36-21(17)43)45(39-9)23-28-24(30-25(47)29-23)46-20(16(27-7)10(2)42-46)38-34-18-12(4)41-44-14(6)32-37-22(18)44/h36-37H,1-6H3,(H,28,29,30,47)/b35-33+,38-34+. The van der Waals surface area contributed by atoms with Gasteiger partial charge in [0.25, 0.3) is 17.6 Å². The zero-order chi connectivity index (χ0) is 33.1. The monoisotopic (exact) mass is 631 g/mol. The van der Waals surface area contributed by atoms with Crippen LogP contribution in [0, 0.1) is 59.4 Å². The summed E-state index contributed by atoms with van der Waals surface area (Å²) in [6.45, 7) is 18.0. The van der Waals surface area contributed by atoms with Crippen molar-refractivity contribution in [3.63, 3.8) is 0 Å². The molecule has 22 heteroatoms. The summed E-state index contributed by atoms with van der Waals surface area (Å²) >= 11 is 0.